The maximum atomic E-state index is 13.9. The number of nitrogens with one attached hydrogen (secondary N) is 2. The van der Waals surface area contributed by atoms with Crippen LogP contribution in [0.2, 0.25) is 0 Å². The number of rotatable bonds is 4. The summed E-state index contributed by atoms with van der Waals surface area (Å²) in [6.07, 6.45) is 3.32. The van der Waals surface area contributed by atoms with E-state index in [9.17, 15) is 8.78 Å². The Morgan fingerprint density at radius 3 is 2.85 bits per heavy atom. The first-order valence-corrected chi connectivity index (χ1v) is 7.29. The molecule has 2 aliphatic heterocycles. The van der Waals surface area contributed by atoms with E-state index in [-0.39, 0.29) is 17.7 Å². The molecule has 20 heavy (non-hydrogen) atoms. The third-order valence-corrected chi connectivity index (χ3v) is 4.20. The number of nitrogens with zero attached hydrogens (tertiary/aromatic N) is 2. The van der Waals surface area contributed by atoms with E-state index in [1.54, 1.807) is 0 Å². The maximum Gasteiger partial charge on any atom is 0.168 e. The highest BCUT2D eigenvalue weighted by molar-refractivity contribution is 5.48. The molecule has 0 aliphatic carbocycles. The Hall–Kier alpha value is -1.43. The quantitative estimate of drug-likeness (QED) is 0.890. The van der Waals surface area contributed by atoms with Crippen molar-refractivity contribution in [3.05, 3.63) is 17.7 Å². The van der Waals surface area contributed by atoms with E-state index >= 15 is 0 Å². The van der Waals surface area contributed by atoms with Gasteiger partial charge in [-0.25, -0.2) is 13.8 Å². The molecule has 2 unspecified atom stereocenters. The topological polar surface area (TPSA) is 40.2 Å². The van der Waals surface area contributed by atoms with Crippen LogP contribution in [0.25, 0.3) is 0 Å². The van der Waals surface area contributed by atoms with Crippen molar-refractivity contribution in [2.24, 2.45) is 0 Å². The zero-order chi connectivity index (χ0) is 14.1. The van der Waals surface area contributed by atoms with Crippen LogP contribution < -0.4 is 10.6 Å². The van der Waals surface area contributed by atoms with Crippen molar-refractivity contribution in [2.75, 3.05) is 30.3 Å². The van der Waals surface area contributed by atoms with Gasteiger partial charge in [0.05, 0.1) is 0 Å². The molecule has 4 nitrogen and oxygen atoms in total. The van der Waals surface area contributed by atoms with Crippen molar-refractivity contribution in [1.29, 1.82) is 0 Å². The molecule has 2 fully saturated rings. The summed E-state index contributed by atoms with van der Waals surface area (Å²) in [4.78, 5) is 6.48. The molecule has 0 radical (unpaired) electrons. The second kappa shape index (κ2) is 5.52. The number of pyridine rings is 1. The van der Waals surface area contributed by atoms with Crippen molar-refractivity contribution in [1.82, 2.24) is 9.88 Å². The SMILES string of the molecule is CCNc1nc(NC2CCN3CCCC23)c(F)cc1F. The van der Waals surface area contributed by atoms with Crippen molar-refractivity contribution < 1.29 is 8.78 Å². The van der Waals surface area contributed by atoms with Gasteiger partial charge in [0, 0.05) is 31.2 Å². The van der Waals surface area contributed by atoms with E-state index in [1.807, 2.05) is 6.92 Å². The molecular formula is C14H20F2N4. The normalized spacial score (nSPS) is 25.8. The molecule has 3 rings (SSSR count). The lowest BCUT2D eigenvalue weighted by Gasteiger charge is -2.22. The molecule has 1 aromatic rings. The maximum absolute atomic E-state index is 13.9. The van der Waals surface area contributed by atoms with Crippen LogP contribution in [0.3, 0.4) is 0 Å². The molecule has 2 saturated heterocycles. The van der Waals surface area contributed by atoms with Gasteiger partial charge in [-0.1, -0.05) is 0 Å². The first-order chi connectivity index (χ1) is 9.69. The Morgan fingerprint density at radius 2 is 2.05 bits per heavy atom. The predicted molar refractivity (Wildman–Crippen MR) is 74.9 cm³/mol. The molecule has 110 valence electrons. The number of hydrogen-bond donors (Lipinski definition) is 2. The molecule has 6 heteroatoms. The highest BCUT2D eigenvalue weighted by atomic mass is 19.1. The van der Waals surface area contributed by atoms with Crippen LogP contribution in [0.4, 0.5) is 20.4 Å². The van der Waals surface area contributed by atoms with E-state index in [0.717, 1.165) is 32.0 Å². The summed E-state index contributed by atoms with van der Waals surface area (Å²) in [6.45, 7) is 4.58. The molecule has 0 spiro atoms. The van der Waals surface area contributed by atoms with Crippen LogP contribution in [0.15, 0.2) is 6.07 Å². The number of aromatic nitrogens is 1. The second-order valence-corrected chi connectivity index (χ2v) is 5.46. The zero-order valence-electron chi connectivity index (χ0n) is 11.6. The monoisotopic (exact) mass is 282 g/mol. The lowest BCUT2D eigenvalue weighted by atomic mass is 10.1. The van der Waals surface area contributed by atoms with Crippen molar-refractivity contribution in [2.45, 2.75) is 38.3 Å². The lowest BCUT2D eigenvalue weighted by molar-refractivity contribution is 0.318. The summed E-state index contributed by atoms with van der Waals surface area (Å²) < 4.78 is 27.4. The summed E-state index contributed by atoms with van der Waals surface area (Å²) >= 11 is 0. The fourth-order valence-corrected chi connectivity index (χ4v) is 3.29. The van der Waals surface area contributed by atoms with E-state index < -0.39 is 11.6 Å². The third kappa shape index (κ3) is 2.44. The van der Waals surface area contributed by atoms with Gasteiger partial charge in [-0.05, 0) is 32.7 Å². The minimum absolute atomic E-state index is 0.109. The summed E-state index contributed by atoms with van der Waals surface area (Å²) in [5.41, 5.74) is 0. The van der Waals surface area contributed by atoms with Crippen LogP contribution in [-0.2, 0) is 0 Å². The smallest absolute Gasteiger partial charge is 0.168 e. The summed E-state index contributed by atoms with van der Waals surface area (Å²) in [7, 11) is 0. The first kappa shape index (κ1) is 13.5. The average molecular weight is 282 g/mol. The number of hydrogen-bond acceptors (Lipinski definition) is 4. The number of fused-ring (bicyclic) bond motifs is 1. The molecule has 2 N–H and O–H groups in total. The minimum Gasteiger partial charge on any atom is -0.368 e. The van der Waals surface area contributed by atoms with Gasteiger partial charge < -0.3 is 10.6 Å². The van der Waals surface area contributed by atoms with Crippen LogP contribution in [0.5, 0.6) is 0 Å². The van der Waals surface area contributed by atoms with Gasteiger partial charge in [-0.3, -0.25) is 4.90 Å². The molecular weight excluding hydrogens is 262 g/mol. The van der Waals surface area contributed by atoms with Crippen LogP contribution >= 0.6 is 0 Å². The highest BCUT2D eigenvalue weighted by Crippen LogP contribution is 2.30. The first-order valence-electron chi connectivity index (χ1n) is 7.29. The van der Waals surface area contributed by atoms with Crippen LogP contribution in [-0.4, -0.2) is 41.6 Å². The standard InChI is InChI=1S/C14H20F2N4/c1-2-17-13-9(15)8-10(16)14(19-13)18-11-5-7-20-6-3-4-12(11)20/h8,11-12H,2-7H2,1H3,(H2,17,18,19). The van der Waals surface area contributed by atoms with Gasteiger partial charge in [0.2, 0.25) is 0 Å². The number of anilines is 2. The summed E-state index contributed by atoms with van der Waals surface area (Å²) in [6, 6.07) is 1.57. The largest absolute Gasteiger partial charge is 0.368 e. The van der Waals surface area contributed by atoms with E-state index in [4.69, 9.17) is 0 Å². The van der Waals surface area contributed by atoms with E-state index in [1.165, 1.54) is 6.42 Å². The van der Waals surface area contributed by atoms with Crippen LogP contribution in [0, 0.1) is 11.6 Å². The Morgan fingerprint density at radius 1 is 1.25 bits per heavy atom. The molecule has 0 amide bonds. The molecule has 2 aliphatic rings. The second-order valence-electron chi connectivity index (χ2n) is 5.46. The molecule has 1 aromatic heterocycles. The molecule has 0 saturated carbocycles. The fraction of sp³-hybridized carbons (Fsp3) is 0.643. The van der Waals surface area contributed by atoms with Crippen molar-refractivity contribution in [3.8, 4) is 0 Å². The van der Waals surface area contributed by atoms with Crippen LogP contribution in [0.1, 0.15) is 26.2 Å². The van der Waals surface area contributed by atoms with Crippen molar-refractivity contribution in [3.63, 3.8) is 0 Å². The molecule has 3 heterocycles. The van der Waals surface area contributed by atoms with Gasteiger partial charge >= 0.3 is 0 Å². The van der Waals surface area contributed by atoms with E-state index in [0.29, 0.717) is 12.6 Å². The van der Waals surface area contributed by atoms with Gasteiger partial charge in [0.1, 0.15) is 0 Å². The summed E-state index contributed by atoms with van der Waals surface area (Å²) in [5, 5.41) is 5.98. The zero-order valence-corrected chi connectivity index (χ0v) is 11.6. The summed E-state index contributed by atoms with van der Waals surface area (Å²) in [5.74, 6) is -1.01. The third-order valence-electron chi connectivity index (χ3n) is 4.20. The van der Waals surface area contributed by atoms with Gasteiger partial charge in [-0.15, -0.1) is 0 Å². The Kier molecular flexibility index (Phi) is 3.74. The minimum atomic E-state index is -0.649. The Labute approximate surface area is 117 Å². The Balaban J connectivity index is 1.78. The Bertz CT molecular complexity index is 494. The highest BCUT2D eigenvalue weighted by Gasteiger charge is 2.37. The van der Waals surface area contributed by atoms with Crippen molar-refractivity contribution >= 4 is 11.6 Å². The van der Waals surface area contributed by atoms with Gasteiger partial charge in [-0.2, -0.15) is 0 Å². The van der Waals surface area contributed by atoms with E-state index in [2.05, 4.69) is 20.5 Å². The number of halogens is 2. The molecule has 2 atom stereocenters. The van der Waals surface area contributed by atoms with Gasteiger partial charge in [0.15, 0.2) is 23.3 Å². The predicted octanol–water partition coefficient (Wildman–Crippen LogP) is 2.44. The van der Waals surface area contributed by atoms with Gasteiger partial charge in [0.25, 0.3) is 0 Å². The lowest BCUT2D eigenvalue weighted by Crippen LogP contribution is -2.34. The average Bonchev–Trinajstić information content (AvgIpc) is 3.00. The fourth-order valence-electron chi connectivity index (χ4n) is 3.29. The molecule has 0 bridgehead atoms. The molecule has 0 aromatic carbocycles.